The summed E-state index contributed by atoms with van der Waals surface area (Å²) in [4.78, 5) is 9.75. The van der Waals surface area contributed by atoms with Crippen LogP contribution in [0.15, 0.2) is 54.6 Å². The van der Waals surface area contributed by atoms with Gasteiger partial charge in [0, 0.05) is 6.08 Å². The fourth-order valence-electron chi connectivity index (χ4n) is 0.945. The topological polar surface area (TPSA) is 66.8 Å². The van der Waals surface area contributed by atoms with Crippen molar-refractivity contribution in [1.82, 2.24) is 0 Å². The highest BCUT2D eigenvalue weighted by atomic mass is 16.6. The molecule has 0 aliphatic carbocycles. The molecule has 0 fully saturated rings. The average molecular weight is 250 g/mol. The minimum Gasteiger partial charge on any atom is -0.478 e. The van der Waals surface area contributed by atoms with Crippen LogP contribution in [0.4, 0.5) is 0 Å². The van der Waals surface area contributed by atoms with Gasteiger partial charge >= 0.3 is 5.97 Å². The molecule has 98 valence electrons. The van der Waals surface area contributed by atoms with Crippen LogP contribution in [0.1, 0.15) is 13.8 Å². The Kier molecular flexibility index (Phi) is 8.95. The minimum atomic E-state index is -0.914. The Bertz CT molecular complexity index is 380. The van der Waals surface area contributed by atoms with Crippen LogP contribution in [-0.4, -0.2) is 22.5 Å². The molecule has 0 saturated carbocycles. The molecule has 18 heavy (non-hydrogen) atoms. The third-order valence-corrected chi connectivity index (χ3v) is 1.59. The lowest BCUT2D eigenvalue weighted by Crippen LogP contribution is -2.08. The van der Waals surface area contributed by atoms with E-state index in [-0.39, 0.29) is 0 Å². The number of ether oxygens (including phenoxy) is 1. The summed E-state index contributed by atoms with van der Waals surface area (Å²) in [6.07, 6.45) is 5.25. The van der Waals surface area contributed by atoms with Gasteiger partial charge in [-0.05, 0) is 26.0 Å². The molecule has 1 aromatic rings. The summed E-state index contributed by atoms with van der Waals surface area (Å²) in [6.45, 7) is 3.40. The summed E-state index contributed by atoms with van der Waals surface area (Å²) >= 11 is 0. The zero-order valence-electron chi connectivity index (χ0n) is 10.5. The maximum absolute atomic E-state index is 9.75. The Hall–Kier alpha value is -2.07. The van der Waals surface area contributed by atoms with Gasteiger partial charge in [-0.1, -0.05) is 36.4 Å². The lowest BCUT2D eigenvalue weighted by molar-refractivity contribution is -0.131. The predicted octanol–water partition coefficient (Wildman–Crippen LogP) is 2.61. The minimum absolute atomic E-state index is 0.692. The van der Waals surface area contributed by atoms with Gasteiger partial charge in [0.1, 0.15) is 5.75 Å². The SMILES string of the molecule is CC(O)Oc1ccccc1.CC=CC=CC(=O)O. The number of para-hydroxylation sites is 1. The van der Waals surface area contributed by atoms with E-state index in [0.717, 1.165) is 6.08 Å². The number of aliphatic hydroxyl groups is 1. The van der Waals surface area contributed by atoms with Crippen molar-refractivity contribution in [3.63, 3.8) is 0 Å². The molecule has 1 rings (SSSR count). The molecule has 0 saturated heterocycles. The normalized spacial score (nSPS) is 11.9. The molecule has 0 aromatic heterocycles. The third-order valence-electron chi connectivity index (χ3n) is 1.59. The summed E-state index contributed by atoms with van der Waals surface area (Å²) < 4.78 is 4.97. The fourth-order valence-corrected chi connectivity index (χ4v) is 0.945. The van der Waals surface area contributed by atoms with Gasteiger partial charge in [0.25, 0.3) is 0 Å². The second-order valence-corrected chi connectivity index (χ2v) is 3.25. The summed E-state index contributed by atoms with van der Waals surface area (Å²) in [6, 6.07) is 9.21. The van der Waals surface area contributed by atoms with Gasteiger partial charge in [0.15, 0.2) is 6.29 Å². The Morgan fingerprint density at radius 1 is 1.28 bits per heavy atom. The van der Waals surface area contributed by atoms with E-state index < -0.39 is 12.3 Å². The molecule has 1 atom stereocenters. The van der Waals surface area contributed by atoms with Crippen molar-refractivity contribution < 1.29 is 19.7 Å². The summed E-state index contributed by atoms with van der Waals surface area (Å²) in [7, 11) is 0. The van der Waals surface area contributed by atoms with Crippen LogP contribution >= 0.6 is 0 Å². The van der Waals surface area contributed by atoms with Crippen LogP contribution < -0.4 is 4.74 Å². The lowest BCUT2D eigenvalue weighted by atomic mass is 10.3. The molecule has 2 N–H and O–H groups in total. The van der Waals surface area contributed by atoms with Gasteiger partial charge in [-0.25, -0.2) is 4.79 Å². The van der Waals surface area contributed by atoms with Crippen molar-refractivity contribution in [2.75, 3.05) is 0 Å². The van der Waals surface area contributed by atoms with E-state index in [1.807, 2.05) is 25.1 Å². The molecule has 0 amide bonds. The zero-order valence-corrected chi connectivity index (χ0v) is 10.5. The van der Waals surface area contributed by atoms with E-state index in [0.29, 0.717) is 5.75 Å². The molecule has 0 spiro atoms. The standard InChI is InChI=1S/C8H10O2.C6H8O2/c1-7(9)10-8-5-3-2-4-6-8;1-2-3-4-5-6(7)8/h2-7,9H,1H3;2-5H,1H3,(H,7,8). The van der Waals surface area contributed by atoms with E-state index in [1.165, 1.54) is 6.08 Å². The quantitative estimate of drug-likeness (QED) is 0.489. The summed E-state index contributed by atoms with van der Waals surface area (Å²) in [5, 5.41) is 16.8. The first kappa shape index (κ1) is 15.9. The number of aliphatic carboxylic acids is 1. The van der Waals surface area contributed by atoms with Gasteiger partial charge in [0.2, 0.25) is 0 Å². The number of allylic oxidation sites excluding steroid dienone is 3. The number of benzene rings is 1. The van der Waals surface area contributed by atoms with Crippen LogP contribution in [0.3, 0.4) is 0 Å². The number of rotatable bonds is 4. The fraction of sp³-hybridized carbons (Fsp3) is 0.214. The van der Waals surface area contributed by atoms with Crippen LogP contribution in [-0.2, 0) is 4.79 Å². The number of carbonyl (C=O) groups is 1. The van der Waals surface area contributed by atoms with Crippen molar-refractivity contribution in [2.24, 2.45) is 0 Å². The molecule has 4 nitrogen and oxygen atoms in total. The van der Waals surface area contributed by atoms with Crippen LogP contribution in [0, 0.1) is 0 Å². The molecular weight excluding hydrogens is 232 g/mol. The van der Waals surface area contributed by atoms with E-state index in [2.05, 4.69) is 0 Å². The Labute approximate surface area is 107 Å². The summed E-state index contributed by atoms with van der Waals surface area (Å²) in [5.74, 6) is -0.222. The van der Waals surface area contributed by atoms with Crippen LogP contribution in [0.5, 0.6) is 5.75 Å². The molecule has 0 radical (unpaired) electrons. The van der Waals surface area contributed by atoms with E-state index in [1.54, 1.807) is 31.2 Å². The summed E-state index contributed by atoms with van der Waals surface area (Å²) in [5.41, 5.74) is 0. The molecule has 0 aliphatic rings. The third kappa shape index (κ3) is 10.4. The molecule has 4 heteroatoms. The number of hydrogen-bond acceptors (Lipinski definition) is 3. The Morgan fingerprint density at radius 2 is 1.89 bits per heavy atom. The van der Waals surface area contributed by atoms with Gasteiger partial charge in [-0.2, -0.15) is 0 Å². The highest BCUT2D eigenvalue weighted by molar-refractivity contribution is 5.80. The Balaban J connectivity index is 0.000000331. The number of carboxylic acid groups (broad SMARTS) is 1. The maximum atomic E-state index is 9.75. The largest absolute Gasteiger partial charge is 0.478 e. The molecule has 1 unspecified atom stereocenters. The van der Waals surface area contributed by atoms with E-state index in [9.17, 15) is 4.79 Å². The lowest BCUT2D eigenvalue weighted by Gasteiger charge is -2.06. The number of hydrogen-bond donors (Lipinski definition) is 2. The highest BCUT2D eigenvalue weighted by Crippen LogP contribution is 2.09. The first-order valence-electron chi connectivity index (χ1n) is 5.48. The van der Waals surface area contributed by atoms with Crippen molar-refractivity contribution in [3.8, 4) is 5.75 Å². The van der Waals surface area contributed by atoms with Gasteiger partial charge < -0.3 is 14.9 Å². The zero-order chi connectivity index (χ0) is 13.8. The van der Waals surface area contributed by atoms with Crippen molar-refractivity contribution in [3.05, 3.63) is 54.6 Å². The maximum Gasteiger partial charge on any atom is 0.328 e. The van der Waals surface area contributed by atoms with Crippen LogP contribution in [0.2, 0.25) is 0 Å². The van der Waals surface area contributed by atoms with Crippen molar-refractivity contribution in [2.45, 2.75) is 20.1 Å². The molecule has 0 aliphatic heterocycles. The van der Waals surface area contributed by atoms with E-state index in [4.69, 9.17) is 14.9 Å². The highest BCUT2D eigenvalue weighted by Gasteiger charge is 1.94. The number of carboxylic acids is 1. The Morgan fingerprint density at radius 3 is 2.33 bits per heavy atom. The van der Waals surface area contributed by atoms with Crippen molar-refractivity contribution in [1.29, 1.82) is 0 Å². The molecule has 0 heterocycles. The van der Waals surface area contributed by atoms with E-state index >= 15 is 0 Å². The molecule has 1 aromatic carbocycles. The van der Waals surface area contributed by atoms with Gasteiger partial charge in [-0.15, -0.1) is 0 Å². The monoisotopic (exact) mass is 250 g/mol. The molecule has 0 bridgehead atoms. The second-order valence-electron chi connectivity index (χ2n) is 3.25. The first-order chi connectivity index (χ1) is 8.56. The average Bonchev–Trinajstić information content (AvgIpc) is 2.30. The molecular formula is C14H18O4. The number of aliphatic hydroxyl groups excluding tert-OH is 1. The van der Waals surface area contributed by atoms with Crippen LogP contribution in [0.25, 0.3) is 0 Å². The predicted molar refractivity (Wildman–Crippen MR) is 70.3 cm³/mol. The van der Waals surface area contributed by atoms with Gasteiger partial charge in [-0.3, -0.25) is 0 Å². The van der Waals surface area contributed by atoms with Gasteiger partial charge in [0.05, 0.1) is 0 Å². The smallest absolute Gasteiger partial charge is 0.328 e. The second kappa shape index (κ2) is 10.1. The first-order valence-corrected chi connectivity index (χ1v) is 5.48. The van der Waals surface area contributed by atoms with Crippen molar-refractivity contribution >= 4 is 5.97 Å².